The number of nitrogen functional groups attached to an aromatic ring is 1. The van der Waals surface area contributed by atoms with Gasteiger partial charge in [-0.15, -0.1) is 0 Å². The Bertz CT molecular complexity index is 1050. The van der Waals surface area contributed by atoms with Gasteiger partial charge in [-0.3, -0.25) is 4.72 Å². The topological polar surface area (TPSA) is 86.3 Å². The van der Waals surface area contributed by atoms with Crippen molar-refractivity contribution in [2.45, 2.75) is 26.8 Å². The number of nitrogens with two attached hydrogens (primary N) is 1. The molecule has 1 aromatic heterocycles. The lowest BCUT2D eigenvalue weighted by Crippen LogP contribution is -2.15. The highest BCUT2D eigenvalue weighted by Gasteiger charge is 2.17. The van der Waals surface area contributed by atoms with Gasteiger partial charge in [-0.25, -0.2) is 8.42 Å². The Hall–Kier alpha value is -2.67. The third kappa shape index (κ3) is 3.73. The largest absolute Gasteiger partial charge is 0.497 e. The van der Waals surface area contributed by atoms with Gasteiger partial charge in [0.1, 0.15) is 5.75 Å². The van der Waals surface area contributed by atoms with Crippen molar-refractivity contribution in [3.63, 3.8) is 0 Å². The molecular weight excluding hydrogens is 362 g/mol. The van der Waals surface area contributed by atoms with Gasteiger partial charge in [0.2, 0.25) is 10.0 Å². The Morgan fingerprint density at radius 1 is 1.11 bits per heavy atom. The standard InChI is InChI=1S/C20H25N3O3S/c1-4-12-27(24,25)22-15-8-6-14(7-9-15)20-19(21)17-13-16(26-3)10-11-18(17)23(20)5-2/h6-11,13,22H,4-5,12,21H2,1-3H3. The molecule has 144 valence electrons. The summed E-state index contributed by atoms with van der Waals surface area (Å²) < 4.78 is 34.0. The summed E-state index contributed by atoms with van der Waals surface area (Å²) in [7, 11) is -1.67. The van der Waals surface area contributed by atoms with Crippen LogP contribution in [-0.4, -0.2) is 25.8 Å². The fourth-order valence-electron chi connectivity index (χ4n) is 3.32. The molecule has 27 heavy (non-hydrogen) atoms. The third-order valence-electron chi connectivity index (χ3n) is 4.53. The first-order chi connectivity index (χ1) is 12.9. The molecule has 0 saturated carbocycles. The predicted octanol–water partition coefficient (Wildman–Crippen LogP) is 4.07. The second-order valence-corrected chi connectivity index (χ2v) is 8.23. The third-order valence-corrected chi connectivity index (χ3v) is 6.02. The average molecular weight is 388 g/mol. The van der Waals surface area contributed by atoms with Gasteiger partial charge in [-0.2, -0.15) is 0 Å². The Balaban J connectivity index is 2.03. The van der Waals surface area contributed by atoms with Crippen LogP contribution >= 0.6 is 0 Å². The summed E-state index contributed by atoms with van der Waals surface area (Å²) in [5.74, 6) is 0.864. The highest BCUT2D eigenvalue weighted by molar-refractivity contribution is 7.92. The van der Waals surface area contributed by atoms with Crippen LogP contribution in [-0.2, 0) is 16.6 Å². The molecule has 0 atom stereocenters. The molecule has 0 unspecified atom stereocenters. The Labute approximate surface area is 160 Å². The van der Waals surface area contributed by atoms with E-state index >= 15 is 0 Å². The van der Waals surface area contributed by atoms with Gasteiger partial charge in [-0.05, 0) is 43.7 Å². The molecule has 0 amide bonds. The molecule has 0 bridgehead atoms. The van der Waals surface area contributed by atoms with E-state index < -0.39 is 10.0 Å². The fraction of sp³-hybridized carbons (Fsp3) is 0.300. The van der Waals surface area contributed by atoms with E-state index in [0.29, 0.717) is 17.8 Å². The number of hydrogen-bond donors (Lipinski definition) is 2. The van der Waals surface area contributed by atoms with Crippen molar-refractivity contribution >= 4 is 32.3 Å². The second kappa shape index (κ2) is 7.52. The monoisotopic (exact) mass is 387 g/mol. The van der Waals surface area contributed by atoms with Crippen molar-refractivity contribution in [2.75, 3.05) is 23.3 Å². The van der Waals surface area contributed by atoms with Crippen molar-refractivity contribution in [1.82, 2.24) is 4.57 Å². The van der Waals surface area contributed by atoms with Crippen molar-refractivity contribution < 1.29 is 13.2 Å². The summed E-state index contributed by atoms with van der Waals surface area (Å²) in [5.41, 5.74) is 10.6. The number of sulfonamides is 1. The molecule has 0 aliphatic rings. The van der Waals surface area contributed by atoms with Gasteiger partial charge in [0.25, 0.3) is 0 Å². The molecule has 7 heteroatoms. The van der Waals surface area contributed by atoms with Crippen LogP contribution in [0.4, 0.5) is 11.4 Å². The van der Waals surface area contributed by atoms with Gasteiger partial charge in [0, 0.05) is 23.2 Å². The molecule has 0 spiro atoms. The lowest BCUT2D eigenvalue weighted by Gasteiger charge is -2.11. The molecule has 0 aliphatic carbocycles. The van der Waals surface area contributed by atoms with E-state index in [4.69, 9.17) is 10.5 Å². The van der Waals surface area contributed by atoms with E-state index in [9.17, 15) is 8.42 Å². The molecule has 3 aromatic rings. The zero-order chi connectivity index (χ0) is 19.6. The number of nitrogens with one attached hydrogen (secondary N) is 1. The molecule has 0 aliphatic heterocycles. The minimum absolute atomic E-state index is 0.105. The average Bonchev–Trinajstić information content (AvgIpc) is 2.93. The Morgan fingerprint density at radius 2 is 1.81 bits per heavy atom. The summed E-state index contributed by atoms with van der Waals surface area (Å²) in [6.45, 7) is 4.67. The Kier molecular flexibility index (Phi) is 5.32. The van der Waals surface area contributed by atoms with Crippen molar-refractivity contribution in [1.29, 1.82) is 0 Å². The van der Waals surface area contributed by atoms with Crippen LogP contribution < -0.4 is 15.2 Å². The first-order valence-electron chi connectivity index (χ1n) is 8.96. The van der Waals surface area contributed by atoms with E-state index in [2.05, 4.69) is 16.2 Å². The summed E-state index contributed by atoms with van der Waals surface area (Å²) >= 11 is 0. The maximum Gasteiger partial charge on any atom is 0.232 e. The van der Waals surface area contributed by atoms with Crippen LogP contribution in [0.1, 0.15) is 20.3 Å². The Morgan fingerprint density at radius 3 is 2.41 bits per heavy atom. The van der Waals surface area contributed by atoms with E-state index in [1.807, 2.05) is 37.3 Å². The molecule has 0 radical (unpaired) electrons. The van der Waals surface area contributed by atoms with E-state index in [-0.39, 0.29) is 5.75 Å². The van der Waals surface area contributed by atoms with Crippen LogP contribution in [0.25, 0.3) is 22.2 Å². The molecule has 1 heterocycles. The number of nitrogens with zero attached hydrogens (tertiary/aromatic N) is 1. The number of ether oxygens (including phenoxy) is 1. The normalized spacial score (nSPS) is 11.7. The molecule has 3 N–H and O–H groups in total. The van der Waals surface area contributed by atoms with Crippen LogP contribution in [0.3, 0.4) is 0 Å². The lowest BCUT2D eigenvalue weighted by atomic mass is 10.1. The summed E-state index contributed by atoms with van der Waals surface area (Å²) in [5, 5.41) is 0.943. The second-order valence-electron chi connectivity index (χ2n) is 6.39. The number of hydrogen-bond acceptors (Lipinski definition) is 4. The summed E-state index contributed by atoms with van der Waals surface area (Å²) in [4.78, 5) is 0. The van der Waals surface area contributed by atoms with Crippen molar-refractivity contribution in [3.8, 4) is 17.0 Å². The SMILES string of the molecule is CCCS(=O)(=O)Nc1ccc(-c2c(N)c3cc(OC)ccc3n2CC)cc1. The highest BCUT2D eigenvalue weighted by Crippen LogP contribution is 2.38. The van der Waals surface area contributed by atoms with E-state index in [1.54, 1.807) is 19.2 Å². The van der Waals surface area contributed by atoms with E-state index in [1.165, 1.54) is 0 Å². The zero-order valence-electron chi connectivity index (χ0n) is 15.8. The first-order valence-corrected chi connectivity index (χ1v) is 10.6. The van der Waals surface area contributed by atoms with Gasteiger partial charge in [-0.1, -0.05) is 19.1 Å². The lowest BCUT2D eigenvalue weighted by molar-refractivity contribution is 0.415. The number of fused-ring (bicyclic) bond motifs is 1. The van der Waals surface area contributed by atoms with Crippen molar-refractivity contribution in [3.05, 3.63) is 42.5 Å². The van der Waals surface area contributed by atoms with Gasteiger partial charge >= 0.3 is 0 Å². The number of aromatic nitrogens is 1. The maximum absolute atomic E-state index is 11.9. The smallest absolute Gasteiger partial charge is 0.232 e. The van der Waals surface area contributed by atoms with Gasteiger partial charge in [0.15, 0.2) is 0 Å². The minimum Gasteiger partial charge on any atom is -0.497 e. The van der Waals surface area contributed by atoms with Crippen molar-refractivity contribution in [2.24, 2.45) is 0 Å². The maximum atomic E-state index is 11.9. The molecular formula is C20H25N3O3S. The number of anilines is 2. The van der Waals surface area contributed by atoms with Gasteiger partial charge < -0.3 is 15.0 Å². The molecule has 0 saturated heterocycles. The molecule has 3 rings (SSSR count). The number of aryl methyl sites for hydroxylation is 1. The molecule has 6 nitrogen and oxygen atoms in total. The molecule has 0 fully saturated rings. The van der Waals surface area contributed by atoms with Crippen LogP contribution in [0, 0.1) is 0 Å². The summed E-state index contributed by atoms with van der Waals surface area (Å²) in [6, 6.07) is 13.2. The highest BCUT2D eigenvalue weighted by atomic mass is 32.2. The fourth-order valence-corrected chi connectivity index (χ4v) is 4.46. The molecule has 2 aromatic carbocycles. The van der Waals surface area contributed by atoms with Crippen LogP contribution in [0.2, 0.25) is 0 Å². The number of methoxy groups -OCH3 is 1. The quantitative estimate of drug-likeness (QED) is 0.640. The van der Waals surface area contributed by atoms with Crippen LogP contribution in [0.5, 0.6) is 5.75 Å². The zero-order valence-corrected chi connectivity index (χ0v) is 16.6. The van der Waals surface area contributed by atoms with Crippen LogP contribution in [0.15, 0.2) is 42.5 Å². The van der Waals surface area contributed by atoms with Gasteiger partial charge in [0.05, 0.1) is 29.8 Å². The first kappa shape index (κ1) is 19.1. The number of rotatable bonds is 7. The summed E-state index contributed by atoms with van der Waals surface area (Å²) in [6.07, 6.45) is 0.573. The number of benzene rings is 2. The van der Waals surface area contributed by atoms with E-state index in [0.717, 1.165) is 34.5 Å². The minimum atomic E-state index is -3.31. The predicted molar refractivity (Wildman–Crippen MR) is 112 cm³/mol.